The van der Waals surface area contributed by atoms with Crippen LogP contribution in [0.3, 0.4) is 0 Å². The molecule has 3 aromatic rings. The van der Waals surface area contributed by atoms with Gasteiger partial charge < -0.3 is 5.32 Å². The SMILES string of the molecule is C=C(C)c1cc(C)c(C)cc1C.CC.CC1CCCCNCC1.CCCC.CCCC.Cc1ccccc1.Cc1ccccc1C#N. The molecule has 1 unspecified atom stereocenters. The van der Waals surface area contributed by atoms with E-state index in [1.54, 1.807) is 0 Å². The highest BCUT2D eigenvalue weighted by molar-refractivity contribution is 5.65. The van der Waals surface area contributed by atoms with Crippen molar-refractivity contribution in [1.29, 1.82) is 5.26 Å². The number of nitriles is 1. The summed E-state index contributed by atoms with van der Waals surface area (Å²) in [4.78, 5) is 0. The molecule has 1 heterocycles. The van der Waals surface area contributed by atoms with Crippen LogP contribution in [0.25, 0.3) is 5.57 Å². The van der Waals surface area contributed by atoms with Crippen molar-refractivity contribution in [3.05, 3.63) is 112 Å². The Labute approximate surface area is 294 Å². The van der Waals surface area contributed by atoms with Gasteiger partial charge in [-0.2, -0.15) is 5.26 Å². The lowest BCUT2D eigenvalue weighted by molar-refractivity contribution is 0.415. The Morgan fingerprint density at radius 2 is 1.21 bits per heavy atom. The van der Waals surface area contributed by atoms with E-state index < -0.39 is 0 Å². The molecule has 1 aliphatic heterocycles. The predicted molar refractivity (Wildman–Crippen MR) is 215 cm³/mol. The second kappa shape index (κ2) is 34.2. The summed E-state index contributed by atoms with van der Waals surface area (Å²) in [7, 11) is 0. The fraction of sp³-hybridized carbons (Fsp3) is 0.533. The summed E-state index contributed by atoms with van der Waals surface area (Å²) in [5.74, 6) is 0.956. The van der Waals surface area contributed by atoms with Gasteiger partial charge in [0.2, 0.25) is 0 Å². The van der Waals surface area contributed by atoms with Crippen molar-refractivity contribution in [2.75, 3.05) is 13.1 Å². The van der Waals surface area contributed by atoms with Gasteiger partial charge in [-0.3, -0.25) is 0 Å². The van der Waals surface area contributed by atoms with Gasteiger partial charge in [-0.1, -0.05) is 165 Å². The van der Waals surface area contributed by atoms with Gasteiger partial charge in [-0.25, -0.2) is 0 Å². The van der Waals surface area contributed by atoms with Gasteiger partial charge in [-0.05, 0) is 107 Å². The van der Waals surface area contributed by atoms with Crippen LogP contribution in [0.5, 0.6) is 0 Å². The standard InChI is InChI=1S/C12H16.C8H17N.C8H7N.C7H8.2C4H10.C2H6/c1-8(2)12-7-10(4)9(3)6-11(12)5;1-8-4-2-3-6-9-7-5-8;1-7-4-2-3-5-8(7)6-9;1-7-5-3-2-4-6-7;2*1-3-4-2;1-2/h6-7H,1H2,2-5H3;8-9H,2-7H2,1H3;2-5H,1H3;2-6H,1H3;2*3-4H2,1-2H3;1-2H3. The van der Waals surface area contributed by atoms with Crippen molar-refractivity contribution in [3.63, 3.8) is 0 Å². The van der Waals surface area contributed by atoms with E-state index in [0.29, 0.717) is 0 Å². The number of allylic oxidation sites excluding steroid dienone is 1. The predicted octanol–water partition coefficient (Wildman–Crippen LogP) is 13.9. The van der Waals surface area contributed by atoms with Crippen LogP contribution in [0.2, 0.25) is 0 Å². The number of benzene rings is 3. The maximum atomic E-state index is 8.47. The van der Waals surface area contributed by atoms with E-state index in [2.05, 4.69) is 111 Å². The summed E-state index contributed by atoms with van der Waals surface area (Å²) in [6, 6.07) is 24.3. The molecule has 0 bridgehead atoms. The summed E-state index contributed by atoms with van der Waals surface area (Å²) in [6.07, 6.45) is 10.9. The molecule has 1 atom stereocenters. The summed E-state index contributed by atoms with van der Waals surface area (Å²) >= 11 is 0. The summed E-state index contributed by atoms with van der Waals surface area (Å²) in [5.41, 5.74) is 9.59. The van der Waals surface area contributed by atoms with Crippen molar-refractivity contribution in [3.8, 4) is 6.07 Å². The zero-order chi connectivity index (χ0) is 36.5. The van der Waals surface area contributed by atoms with Gasteiger partial charge in [-0.15, -0.1) is 0 Å². The number of hydrogen-bond donors (Lipinski definition) is 1. The molecule has 1 aliphatic rings. The zero-order valence-electron chi connectivity index (χ0n) is 33.2. The quantitative estimate of drug-likeness (QED) is 0.308. The molecule has 0 radical (unpaired) electrons. The Hall–Kier alpha value is -3.15. The normalized spacial score (nSPS) is 12.8. The van der Waals surface area contributed by atoms with Gasteiger partial charge in [0.1, 0.15) is 0 Å². The van der Waals surface area contributed by atoms with E-state index in [1.165, 1.54) is 92.3 Å². The second-order valence-corrected chi connectivity index (χ2v) is 12.3. The molecule has 3 aromatic carbocycles. The number of nitrogens with zero attached hydrogens (tertiary/aromatic N) is 1. The van der Waals surface area contributed by atoms with Crippen molar-refractivity contribution >= 4 is 5.57 Å². The number of nitrogens with one attached hydrogen (secondary N) is 1. The Balaban J connectivity index is -0.000000507. The molecule has 0 aromatic heterocycles. The fourth-order valence-electron chi connectivity index (χ4n) is 4.01. The molecule has 1 fully saturated rings. The summed E-state index contributed by atoms with van der Waals surface area (Å²) in [6.45, 7) is 34.0. The Kier molecular flexibility index (Phi) is 35.1. The Bertz CT molecular complexity index is 1150. The van der Waals surface area contributed by atoms with Gasteiger partial charge in [0.05, 0.1) is 11.6 Å². The molecule has 0 aliphatic carbocycles. The molecule has 2 heteroatoms. The molecular formula is C45H74N2. The van der Waals surface area contributed by atoms with Crippen LogP contribution in [0, 0.1) is 51.9 Å². The first-order chi connectivity index (χ1) is 22.5. The zero-order valence-corrected chi connectivity index (χ0v) is 33.2. The first-order valence-electron chi connectivity index (χ1n) is 18.4. The smallest absolute Gasteiger partial charge is 0.0994 e. The van der Waals surface area contributed by atoms with Crippen molar-refractivity contribution in [2.45, 2.75) is 141 Å². The van der Waals surface area contributed by atoms with Crippen LogP contribution in [0.4, 0.5) is 0 Å². The van der Waals surface area contributed by atoms with Crippen molar-refractivity contribution in [1.82, 2.24) is 5.32 Å². The highest BCUT2D eigenvalue weighted by Crippen LogP contribution is 2.20. The van der Waals surface area contributed by atoms with E-state index >= 15 is 0 Å². The molecule has 4 rings (SSSR count). The first-order valence-corrected chi connectivity index (χ1v) is 18.4. The van der Waals surface area contributed by atoms with Crippen molar-refractivity contribution < 1.29 is 0 Å². The number of hydrogen-bond acceptors (Lipinski definition) is 2. The number of unbranched alkanes of at least 4 members (excludes halogenated alkanes) is 2. The minimum atomic E-state index is 0.762. The van der Waals surface area contributed by atoms with E-state index in [0.717, 1.165) is 22.6 Å². The molecule has 0 saturated carbocycles. The fourth-order valence-corrected chi connectivity index (χ4v) is 4.01. The van der Waals surface area contributed by atoms with Crippen LogP contribution in [0.1, 0.15) is 146 Å². The van der Waals surface area contributed by atoms with Crippen molar-refractivity contribution in [2.24, 2.45) is 5.92 Å². The maximum Gasteiger partial charge on any atom is 0.0994 e. The molecule has 264 valence electrons. The average molecular weight is 643 g/mol. The molecule has 0 spiro atoms. The van der Waals surface area contributed by atoms with Crippen LogP contribution in [0.15, 0.2) is 73.3 Å². The highest BCUT2D eigenvalue weighted by Gasteiger charge is 2.04. The van der Waals surface area contributed by atoms with Crippen LogP contribution >= 0.6 is 0 Å². The largest absolute Gasteiger partial charge is 0.317 e. The summed E-state index contributed by atoms with van der Waals surface area (Å²) in [5, 5.41) is 11.9. The molecule has 1 N–H and O–H groups in total. The van der Waals surface area contributed by atoms with Crippen LogP contribution < -0.4 is 5.32 Å². The Morgan fingerprint density at radius 1 is 0.702 bits per heavy atom. The van der Waals surface area contributed by atoms with E-state index in [9.17, 15) is 0 Å². The van der Waals surface area contributed by atoms with Crippen LogP contribution in [-0.4, -0.2) is 13.1 Å². The van der Waals surface area contributed by atoms with E-state index in [-0.39, 0.29) is 0 Å². The lowest BCUT2D eigenvalue weighted by atomic mass is 9.97. The van der Waals surface area contributed by atoms with E-state index in [1.807, 2.05) is 63.2 Å². The third-order valence-electron chi connectivity index (χ3n) is 7.62. The van der Waals surface area contributed by atoms with Gasteiger partial charge in [0.15, 0.2) is 0 Å². The average Bonchev–Trinajstić information content (AvgIpc) is 3.07. The van der Waals surface area contributed by atoms with E-state index in [4.69, 9.17) is 5.26 Å². The monoisotopic (exact) mass is 643 g/mol. The van der Waals surface area contributed by atoms with Crippen LogP contribution in [-0.2, 0) is 0 Å². The molecule has 1 saturated heterocycles. The molecule has 2 nitrogen and oxygen atoms in total. The lowest BCUT2D eigenvalue weighted by Crippen LogP contribution is -2.21. The minimum Gasteiger partial charge on any atom is -0.317 e. The third kappa shape index (κ3) is 28.8. The molecular weight excluding hydrogens is 569 g/mol. The first kappa shape index (κ1) is 48.2. The van der Waals surface area contributed by atoms with Gasteiger partial charge in [0, 0.05) is 0 Å². The number of aryl methyl sites for hydroxylation is 5. The summed E-state index contributed by atoms with van der Waals surface area (Å²) < 4.78 is 0. The topological polar surface area (TPSA) is 35.8 Å². The molecule has 0 amide bonds. The maximum absolute atomic E-state index is 8.47. The highest BCUT2D eigenvalue weighted by atomic mass is 14.8. The number of rotatable bonds is 3. The minimum absolute atomic E-state index is 0.762. The Morgan fingerprint density at radius 3 is 1.64 bits per heavy atom. The molecule has 47 heavy (non-hydrogen) atoms. The van der Waals surface area contributed by atoms with Gasteiger partial charge in [0.25, 0.3) is 0 Å². The lowest BCUT2D eigenvalue weighted by Gasteiger charge is -2.15. The third-order valence-corrected chi connectivity index (χ3v) is 7.62. The second-order valence-electron chi connectivity index (χ2n) is 12.3. The van der Waals surface area contributed by atoms with Gasteiger partial charge >= 0.3 is 0 Å².